The predicted molar refractivity (Wildman–Crippen MR) is 102 cm³/mol. The van der Waals surface area contributed by atoms with E-state index in [0.29, 0.717) is 25.5 Å². The molecule has 0 radical (unpaired) electrons. The van der Waals surface area contributed by atoms with Crippen molar-refractivity contribution in [1.29, 1.82) is 0 Å². The first-order valence-electron chi connectivity index (χ1n) is 9.96. The summed E-state index contributed by atoms with van der Waals surface area (Å²) in [6, 6.07) is 8.50. The van der Waals surface area contributed by atoms with Crippen molar-refractivity contribution in [3.63, 3.8) is 0 Å². The first kappa shape index (κ1) is 19.2. The predicted octanol–water partition coefficient (Wildman–Crippen LogP) is 2.77. The zero-order valence-corrected chi connectivity index (χ0v) is 15.8. The van der Waals surface area contributed by atoms with Crippen molar-refractivity contribution >= 4 is 5.91 Å². The average Bonchev–Trinajstić information content (AvgIpc) is 3.06. The third-order valence-electron chi connectivity index (χ3n) is 6.02. The Morgan fingerprint density at radius 3 is 2.62 bits per heavy atom. The Kier molecular flexibility index (Phi) is 6.54. The third kappa shape index (κ3) is 4.57. The third-order valence-corrected chi connectivity index (χ3v) is 6.02. The van der Waals surface area contributed by atoms with E-state index in [9.17, 15) is 4.79 Å². The molecule has 1 saturated heterocycles. The minimum absolute atomic E-state index is 0.0591. The molecular weight excluding hydrogens is 328 g/mol. The number of nitrogens with one attached hydrogen (secondary N) is 1. The number of rotatable bonds is 7. The van der Waals surface area contributed by atoms with E-state index in [1.165, 1.54) is 5.56 Å². The van der Waals surface area contributed by atoms with Gasteiger partial charge in [-0.15, -0.1) is 0 Å². The number of carbonyl (C=O) groups is 1. The Bertz CT molecular complexity index is 581. The fourth-order valence-corrected chi connectivity index (χ4v) is 4.30. The van der Waals surface area contributed by atoms with Crippen molar-refractivity contribution in [2.75, 3.05) is 26.4 Å². The van der Waals surface area contributed by atoms with Gasteiger partial charge in [-0.05, 0) is 56.2 Å². The molecule has 0 spiro atoms. The van der Waals surface area contributed by atoms with Crippen molar-refractivity contribution in [1.82, 2.24) is 5.32 Å². The highest BCUT2D eigenvalue weighted by Crippen LogP contribution is 2.35. The highest BCUT2D eigenvalue weighted by atomic mass is 16.5. The van der Waals surface area contributed by atoms with Gasteiger partial charge in [0.05, 0.1) is 6.61 Å². The zero-order valence-electron chi connectivity index (χ0n) is 15.8. The van der Waals surface area contributed by atoms with E-state index in [4.69, 9.17) is 15.2 Å². The molecule has 2 fully saturated rings. The number of amides is 1. The molecule has 3 N–H and O–H groups in total. The summed E-state index contributed by atoms with van der Waals surface area (Å²) in [4.78, 5) is 12.5. The molecule has 1 aromatic rings. The lowest BCUT2D eigenvalue weighted by Crippen LogP contribution is -2.45. The number of nitrogens with two attached hydrogens (primary N) is 1. The van der Waals surface area contributed by atoms with E-state index in [1.807, 2.05) is 19.1 Å². The van der Waals surface area contributed by atoms with Gasteiger partial charge in [0.1, 0.15) is 5.75 Å². The molecule has 5 nitrogen and oxygen atoms in total. The van der Waals surface area contributed by atoms with Crippen molar-refractivity contribution in [3.8, 4) is 5.75 Å². The molecule has 2 atom stereocenters. The Balaban J connectivity index is 1.64. The first-order valence-corrected chi connectivity index (χ1v) is 9.96. The van der Waals surface area contributed by atoms with Crippen molar-refractivity contribution < 1.29 is 14.3 Å². The molecule has 2 aliphatic rings. The molecule has 1 amide bonds. The van der Waals surface area contributed by atoms with Crippen molar-refractivity contribution in [3.05, 3.63) is 29.8 Å². The lowest BCUT2D eigenvalue weighted by Gasteiger charge is -2.38. The van der Waals surface area contributed by atoms with Crippen molar-refractivity contribution in [2.24, 2.45) is 11.7 Å². The van der Waals surface area contributed by atoms with Crippen LogP contribution in [0.1, 0.15) is 51.0 Å². The van der Waals surface area contributed by atoms with E-state index < -0.39 is 0 Å². The van der Waals surface area contributed by atoms with E-state index in [2.05, 4.69) is 17.4 Å². The second-order valence-corrected chi connectivity index (χ2v) is 7.69. The van der Waals surface area contributed by atoms with Crippen molar-refractivity contribution in [2.45, 2.75) is 56.9 Å². The molecular formula is C21H32N2O3. The van der Waals surface area contributed by atoms with Gasteiger partial charge in [-0.25, -0.2) is 0 Å². The van der Waals surface area contributed by atoms with Crippen LogP contribution in [0.15, 0.2) is 24.3 Å². The van der Waals surface area contributed by atoms with Crippen LogP contribution >= 0.6 is 0 Å². The summed E-state index contributed by atoms with van der Waals surface area (Å²) in [6.45, 7) is 4.77. The number of carbonyl (C=O) groups excluding carboxylic acids is 1. The van der Waals surface area contributed by atoms with E-state index in [-0.39, 0.29) is 17.4 Å². The van der Waals surface area contributed by atoms with Crippen LogP contribution in [-0.4, -0.2) is 38.3 Å². The summed E-state index contributed by atoms with van der Waals surface area (Å²) in [5.74, 6) is 1.35. The molecule has 5 heteroatoms. The molecule has 1 aromatic carbocycles. The fraction of sp³-hybridized carbons (Fsp3) is 0.667. The van der Waals surface area contributed by atoms with Gasteiger partial charge in [-0.2, -0.15) is 0 Å². The molecule has 0 aromatic heterocycles. The second-order valence-electron chi connectivity index (χ2n) is 7.69. The summed E-state index contributed by atoms with van der Waals surface area (Å²) in [5.41, 5.74) is 7.31. The van der Waals surface area contributed by atoms with Crippen LogP contribution in [0.2, 0.25) is 0 Å². The topological polar surface area (TPSA) is 73.6 Å². The number of ether oxygens (including phenoxy) is 2. The smallest absolute Gasteiger partial charge is 0.220 e. The van der Waals surface area contributed by atoms with Gasteiger partial charge in [0, 0.05) is 37.6 Å². The van der Waals surface area contributed by atoms with Gasteiger partial charge < -0.3 is 20.5 Å². The molecule has 3 rings (SSSR count). The van der Waals surface area contributed by atoms with Gasteiger partial charge in [0.2, 0.25) is 5.91 Å². The minimum atomic E-state index is -0.0591. The van der Waals surface area contributed by atoms with Gasteiger partial charge in [0.15, 0.2) is 0 Å². The molecule has 1 saturated carbocycles. The summed E-state index contributed by atoms with van der Waals surface area (Å²) >= 11 is 0. The zero-order chi connectivity index (χ0) is 18.4. The number of hydrogen-bond donors (Lipinski definition) is 2. The normalized spacial score (nSPS) is 25.0. The molecule has 26 heavy (non-hydrogen) atoms. The lowest BCUT2D eigenvalue weighted by molar-refractivity contribution is -0.122. The molecule has 1 aliphatic carbocycles. The van der Waals surface area contributed by atoms with E-state index >= 15 is 0 Å². The van der Waals surface area contributed by atoms with Crippen LogP contribution in [0, 0.1) is 5.92 Å². The second kappa shape index (κ2) is 8.87. The van der Waals surface area contributed by atoms with Crippen LogP contribution < -0.4 is 15.8 Å². The number of benzene rings is 1. The van der Waals surface area contributed by atoms with Crippen LogP contribution in [0.4, 0.5) is 0 Å². The highest BCUT2D eigenvalue weighted by molar-refractivity contribution is 5.76. The van der Waals surface area contributed by atoms with Crippen LogP contribution in [0.3, 0.4) is 0 Å². The molecule has 0 bridgehead atoms. The SMILES string of the molecule is CCOc1ccc(C2(CNC(=O)C[C@@H]3CCC[C@H]3N)CCOCC2)cc1. The maximum absolute atomic E-state index is 12.5. The maximum Gasteiger partial charge on any atom is 0.220 e. The summed E-state index contributed by atoms with van der Waals surface area (Å²) < 4.78 is 11.1. The van der Waals surface area contributed by atoms with Crippen LogP contribution in [-0.2, 0) is 14.9 Å². The van der Waals surface area contributed by atoms with Crippen LogP contribution in [0.5, 0.6) is 5.75 Å². The summed E-state index contributed by atoms with van der Waals surface area (Å²) in [7, 11) is 0. The Labute approximate surface area is 156 Å². The highest BCUT2D eigenvalue weighted by Gasteiger charge is 2.35. The lowest BCUT2D eigenvalue weighted by atomic mass is 9.74. The summed E-state index contributed by atoms with van der Waals surface area (Å²) in [6.07, 6.45) is 5.66. The molecule has 1 aliphatic heterocycles. The van der Waals surface area contributed by atoms with Gasteiger partial charge >= 0.3 is 0 Å². The van der Waals surface area contributed by atoms with Gasteiger partial charge in [0.25, 0.3) is 0 Å². The Morgan fingerprint density at radius 2 is 2.00 bits per heavy atom. The quantitative estimate of drug-likeness (QED) is 0.784. The largest absolute Gasteiger partial charge is 0.494 e. The van der Waals surface area contributed by atoms with Gasteiger partial charge in [-0.1, -0.05) is 18.6 Å². The molecule has 1 heterocycles. The van der Waals surface area contributed by atoms with E-state index in [0.717, 1.165) is 51.1 Å². The standard InChI is InChI=1S/C21H32N2O3/c1-2-26-18-8-6-17(7-9-18)21(10-12-25-13-11-21)15-23-20(24)14-16-4-3-5-19(16)22/h6-9,16,19H,2-5,10-15,22H2,1H3,(H,23,24)/t16-,19+/m0/s1. The molecule has 0 unspecified atom stereocenters. The Morgan fingerprint density at radius 1 is 1.27 bits per heavy atom. The fourth-order valence-electron chi connectivity index (χ4n) is 4.30. The van der Waals surface area contributed by atoms with Gasteiger partial charge in [-0.3, -0.25) is 4.79 Å². The van der Waals surface area contributed by atoms with Crippen LogP contribution in [0.25, 0.3) is 0 Å². The number of hydrogen-bond acceptors (Lipinski definition) is 4. The summed E-state index contributed by atoms with van der Waals surface area (Å²) in [5, 5.41) is 3.20. The van der Waals surface area contributed by atoms with E-state index in [1.54, 1.807) is 0 Å². The molecule has 144 valence electrons. The maximum atomic E-state index is 12.5. The Hall–Kier alpha value is -1.59. The first-order chi connectivity index (χ1) is 12.6. The monoisotopic (exact) mass is 360 g/mol. The minimum Gasteiger partial charge on any atom is -0.494 e. The average molecular weight is 360 g/mol.